The molecule has 1 aliphatic rings. The van der Waals surface area contributed by atoms with Gasteiger partial charge in [0.2, 0.25) is 0 Å². The minimum absolute atomic E-state index is 0.257. The van der Waals surface area contributed by atoms with Crippen LogP contribution < -0.4 is 4.74 Å². The first-order valence-corrected chi connectivity index (χ1v) is 8.08. The first-order chi connectivity index (χ1) is 10.5. The topological polar surface area (TPSA) is 38.8 Å². The number of methoxy groups -OCH3 is 2. The number of carbonyl (C=O) groups excluding carboxylic acids is 1. The molecule has 1 aromatic rings. The van der Waals surface area contributed by atoms with Gasteiger partial charge in [-0.25, -0.2) is 4.79 Å². The third-order valence-corrected chi connectivity index (χ3v) is 4.75. The predicted molar refractivity (Wildman–Crippen MR) is 87.9 cm³/mol. The van der Waals surface area contributed by atoms with Crippen molar-refractivity contribution < 1.29 is 14.3 Å². The van der Waals surface area contributed by atoms with E-state index < -0.39 is 0 Å². The summed E-state index contributed by atoms with van der Waals surface area (Å²) in [6, 6.07) is 6.11. The molecule has 1 aliphatic heterocycles. The summed E-state index contributed by atoms with van der Waals surface area (Å²) in [5, 5.41) is 0.257. The van der Waals surface area contributed by atoms with Crippen LogP contribution in [0.5, 0.6) is 5.75 Å². The monoisotopic (exact) mass is 325 g/mol. The molecule has 0 amide bonds. The van der Waals surface area contributed by atoms with E-state index in [9.17, 15) is 4.79 Å². The lowest BCUT2D eigenvalue weighted by molar-refractivity contribution is 0.0599. The number of likely N-dealkylation sites (tertiary alicyclic amines) is 1. The fraction of sp³-hybridized carbons (Fsp3) is 0.588. The first-order valence-electron chi connectivity index (χ1n) is 7.64. The van der Waals surface area contributed by atoms with Crippen molar-refractivity contribution in [3.8, 4) is 5.75 Å². The minimum Gasteiger partial charge on any atom is -0.497 e. The van der Waals surface area contributed by atoms with Crippen LogP contribution in [-0.4, -0.2) is 50.1 Å². The highest BCUT2D eigenvalue weighted by Gasteiger charge is 2.24. The van der Waals surface area contributed by atoms with Crippen LogP contribution in [0.1, 0.15) is 35.2 Å². The third kappa shape index (κ3) is 4.14. The van der Waals surface area contributed by atoms with Crippen molar-refractivity contribution in [3.63, 3.8) is 0 Å². The van der Waals surface area contributed by atoms with Crippen LogP contribution in [0.15, 0.2) is 18.2 Å². The summed E-state index contributed by atoms with van der Waals surface area (Å²) >= 11 is 6.20. The number of hydrogen-bond acceptors (Lipinski definition) is 4. The van der Waals surface area contributed by atoms with Crippen molar-refractivity contribution in [2.75, 3.05) is 27.8 Å². The van der Waals surface area contributed by atoms with Crippen LogP contribution in [0, 0.1) is 0 Å². The van der Waals surface area contributed by atoms with Crippen molar-refractivity contribution in [1.29, 1.82) is 0 Å². The lowest BCUT2D eigenvalue weighted by Crippen LogP contribution is -2.41. The molecule has 0 radical (unpaired) electrons. The molecule has 0 N–H and O–H groups in total. The SMILES string of the molecule is COC(=O)c1cc(OC)ccc1CCC1CCC(Cl)CN1C. The summed E-state index contributed by atoms with van der Waals surface area (Å²) in [5.74, 6) is 0.357. The van der Waals surface area contributed by atoms with E-state index in [1.165, 1.54) is 7.11 Å². The zero-order valence-corrected chi connectivity index (χ0v) is 14.2. The number of carbonyl (C=O) groups is 1. The summed E-state index contributed by atoms with van der Waals surface area (Å²) in [4.78, 5) is 14.3. The average molecular weight is 326 g/mol. The fourth-order valence-electron chi connectivity index (χ4n) is 3.03. The van der Waals surface area contributed by atoms with Crippen molar-refractivity contribution >= 4 is 17.6 Å². The molecule has 22 heavy (non-hydrogen) atoms. The molecule has 1 saturated heterocycles. The number of ether oxygens (including phenoxy) is 2. The van der Waals surface area contributed by atoms with Gasteiger partial charge in [0.15, 0.2) is 0 Å². The van der Waals surface area contributed by atoms with E-state index in [1.807, 2.05) is 12.1 Å². The highest BCUT2D eigenvalue weighted by Crippen LogP contribution is 2.25. The van der Waals surface area contributed by atoms with Crippen molar-refractivity contribution in [1.82, 2.24) is 4.90 Å². The third-order valence-electron chi connectivity index (χ3n) is 4.39. The second kappa shape index (κ2) is 7.84. The molecule has 5 heteroatoms. The number of rotatable bonds is 5. The molecule has 2 unspecified atom stereocenters. The Kier molecular flexibility index (Phi) is 6.09. The Morgan fingerprint density at radius 1 is 1.36 bits per heavy atom. The van der Waals surface area contributed by atoms with Crippen LogP contribution in [0.25, 0.3) is 0 Å². The molecule has 0 spiro atoms. The maximum atomic E-state index is 12.0. The molecule has 1 fully saturated rings. The minimum atomic E-state index is -0.313. The summed E-state index contributed by atoms with van der Waals surface area (Å²) in [6.07, 6.45) is 4.02. The quantitative estimate of drug-likeness (QED) is 0.616. The van der Waals surface area contributed by atoms with E-state index >= 15 is 0 Å². The molecule has 0 aliphatic carbocycles. The Hall–Kier alpha value is -1.26. The highest BCUT2D eigenvalue weighted by molar-refractivity contribution is 6.20. The maximum absolute atomic E-state index is 12.0. The smallest absolute Gasteiger partial charge is 0.338 e. The lowest BCUT2D eigenvalue weighted by atomic mass is 9.94. The number of alkyl halides is 1. The van der Waals surface area contributed by atoms with E-state index in [0.717, 1.165) is 37.8 Å². The van der Waals surface area contributed by atoms with Crippen LogP contribution in [0.4, 0.5) is 0 Å². The van der Waals surface area contributed by atoms with Crippen molar-refractivity contribution in [2.45, 2.75) is 37.1 Å². The van der Waals surface area contributed by atoms with E-state index in [0.29, 0.717) is 17.4 Å². The Morgan fingerprint density at radius 2 is 2.14 bits per heavy atom. The molecular weight excluding hydrogens is 302 g/mol. The number of piperidine rings is 1. The van der Waals surface area contributed by atoms with Gasteiger partial charge in [-0.2, -0.15) is 0 Å². The summed E-state index contributed by atoms with van der Waals surface area (Å²) in [5.41, 5.74) is 1.60. The number of hydrogen-bond donors (Lipinski definition) is 0. The Bertz CT molecular complexity index is 521. The number of halogens is 1. The van der Waals surface area contributed by atoms with Crippen molar-refractivity contribution in [2.24, 2.45) is 0 Å². The van der Waals surface area contributed by atoms with Crippen LogP contribution in [-0.2, 0) is 11.2 Å². The molecular formula is C17H24ClNO3. The van der Waals surface area contributed by atoms with Crippen LogP contribution in [0.3, 0.4) is 0 Å². The standard InChI is InChI=1S/C17H24ClNO3/c1-19-11-13(18)6-8-14(19)7-4-12-5-9-15(21-2)10-16(12)17(20)22-3/h5,9-10,13-14H,4,6-8,11H2,1-3H3. The van der Waals surface area contributed by atoms with E-state index in [4.69, 9.17) is 21.1 Å². The molecule has 0 aromatic heterocycles. The van der Waals surface area contributed by atoms with E-state index in [2.05, 4.69) is 11.9 Å². The first kappa shape index (κ1) is 17.1. The van der Waals surface area contributed by atoms with Gasteiger partial charge in [-0.05, 0) is 50.4 Å². The van der Waals surface area contributed by atoms with E-state index in [1.54, 1.807) is 13.2 Å². The molecule has 0 bridgehead atoms. The molecule has 122 valence electrons. The molecule has 4 nitrogen and oxygen atoms in total. The average Bonchev–Trinajstić information content (AvgIpc) is 2.53. The van der Waals surface area contributed by atoms with Gasteiger partial charge in [-0.1, -0.05) is 6.07 Å². The van der Waals surface area contributed by atoms with Gasteiger partial charge in [0.1, 0.15) is 5.75 Å². The zero-order chi connectivity index (χ0) is 16.1. The number of benzene rings is 1. The Balaban J connectivity index is 2.07. The largest absolute Gasteiger partial charge is 0.497 e. The molecule has 0 saturated carbocycles. The Labute approximate surface area is 137 Å². The number of aryl methyl sites for hydroxylation is 1. The molecule has 2 atom stereocenters. The highest BCUT2D eigenvalue weighted by atomic mass is 35.5. The summed E-state index contributed by atoms with van der Waals surface area (Å²) in [6.45, 7) is 0.929. The maximum Gasteiger partial charge on any atom is 0.338 e. The lowest BCUT2D eigenvalue weighted by Gasteiger charge is -2.35. The molecule has 1 heterocycles. The van der Waals surface area contributed by atoms with Gasteiger partial charge in [0.25, 0.3) is 0 Å². The van der Waals surface area contributed by atoms with Crippen LogP contribution in [0.2, 0.25) is 0 Å². The normalized spacial score (nSPS) is 22.4. The molecule has 2 rings (SSSR count). The summed E-state index contributed by atoms with van der Waals surface area (Å²) in [7, 11) is 5.12. The van der Waals surface area contributed by atoms with Gasteiger partial charge in [0, 0.05) is 18.0 Å². The van der Waals surface area contributed by atoms with Gasteiger partial charge >= 0.3 is 5.97 Å². The predicted octanol–water partition coefficient (Wildman–Crippen LogP) is 3.12. The van der Waals surface area contributed by atoms with Crippen LogP contribution >= 0.6 is 11.6 Å². The second-order valence-electron chi connectivity index (χ2n) is 5.82. The van der Waals surface area contributed by atoms with Gasteiger partial charge < -0.3 is 14.4 Å². The zero-order valence-electron chi connectivity index (χ0n) is 13.5. The second-order valence-corrected chi connectivity index (χ2v) is 6.44. The summed E-state index contributed by atoms with van der Waals surface area (Å²) < 4.78 is 10.1. The van der Waals surface area contributed by atoms with Gasteiger partial charge in [-0.3, -0.25) is 0 Å². The van der Waals surface area contributed by atoms with Crippen molar-refractivity contribution in [3.05, 3.63) is 29.3 Å². The fourth-order valence-corrected chi connectivity index (χ4v) is 3.38. The molecule has 1 aromatic carbocycles. The number of esters is 1. The number of nitrogens with zero attached hydrogens (tertiary/aromatic N) is 1. The van der Waals surface area contributed by atoms with E-state index in [-0.39, 0.29) is 11.3 Å². The van der Waals surface area contributed by atoms with Gasteiger partial charge in [0.05, 0.1) is 19.8 Å². The Morgan fingerprint density at radius 3 is 2.77 bits per heavy atom. The van der Waals surface area contributed by atoms with Gasteiger partial charge in [-0.15, -0.1) is 11.6 Å².